The standard InChI is InChI=1S/C14H28N2O2/c1-14(2,7-4-8-17)10-16-13(18)12-6-3-5-11(12)9-15/h11-12,17H,3-10,15H2,1-2H3,(H,16,18). The lowest BCUT2D eigenvalue weighted by Crippen LogP contribution is -2.40. The Morgan fingerprint density at radius 2 is 2.17 bits per heavy atom. The number of amides is 1. The van der Waals surface area contributed by atoms with Gasteiger partial charge < -0.3 is 16.2 Å². The molecular formula is C14H28N2O2. The van der Waals surface area contributed by atoms with Crippen LogP contribution in [0.4, 0.5) is 0 Å². The molecule has 0 saturated heterocycles. The molecule has 0 aromatic carbocycles. The maximum atomic E-state index is 12.1. The van der Waals surface area contributed by atoms with Gasteiger partial charge in [0, 0.05) is 19.1 Å². The number of nitrogens with two attached hydrogens (primary N) is 1. The van der Waals surface area contributed by atoms with Crippen LogP contribution in [0.2, 0.25) is 0 Å². The van der Waals surface area contributed by atoms with E-state index in [-0.39, 0.29) is 23.8 Å². The maximum absolute atomic E-state index is 12.1. The largest absolute Gasteiger partial charge is 0.396 e. The van der Waals surface area contributed by atoms with E-state index in [0.29, 0.717) is 19.0 Å². The van der Waals surface area contributed by atoms with E-state index < -0.39 is 0 Å². The number of carbonyl (C=O) groups is 1. The fourth-order valence-electron chi connectivity index (χ4n) is 2.77. The molecule has 0 bridgehead atoms. The van der Waals surface area contributed by atoms with E-state index >= 15 is 0 Å². The van der Waals surface area contributed by atoms with E-state index in [0.717, 1.165) is 32.1 Å². The molecule has 1 saturated carbocycles. The zero-order chi connectivity index (χ0) is 13.6. The summed E-state index contributed by atoms with van der Waals surface area (Å²) in [5.41, 5.74) is 5.75. The molecule has 1 aliphatic rings. The van der Waals surface area contributed by atoms with Crippen molar-refractivity contribution in [2.24, 2.45) is 23.0 Å². The van der Waals surface area contributed by atoms with Crippen molar-refractivity contribution < 1.29 is 9.90 Å². The number of rotatable bonds is 7. The average molecular weight is 256 g/mol. The first-order valence-electron chi connectivity index (χ1n) is 7.09. The highest BCUT2D eigenvalue weighted by Crippen LogP contribution is 2.31. The first-order chi connectivity index (χ1) is 8.50. The van der Waals surface area contributed by atoms with Gasteiger partial charge in [0.15, 0.2) is 0 Å². The van der Waals surface area contributed by atoms with Gasteiger partial charge in [-0.1, -0.05) is 20.3 Å². The van der Waals surface area contributed by atoms with Crippen LogP contribution in [0.25, 0.3) is 0 Å². The first-order valence-corrected chi connectivity index (χ1v) is 7.09. The van der Waals surface area contributed by atoms with Crippen LogP contribution >= 0.6 is 0 Å². The molecule has 2 unspecified atom stereocenters. The van der Waals surface area contributed by atoms with Crippen LogP contribution in [-0.4, -0.2) is 30.7 Å². The van der Waals surface area contributed by atoms with Crippen molar-refractivity contribution in [3.8, 4) is 0 Å². The quantitative estimate of drug-likeness (QED) is 0.642. The van der Waals surface area contributed by atoms with E-state index in [1.165, 1.54) is 0 Å². The smallest absolute Gasteiger partial charge is 0.223 e. The van der Waals surface area contributed by atoms with E-state index in [9.17, 15) is 4.79 Å². The van der Waals surface area contributed by atoms with Crippen molar-refractivity contribution in [1.82, 2.24) is 5.32 Å². The molecule has 4 nitrogen and oxygen atoms in total. The number of nitrogens with one attached hydrogen (secondary N) is 1. The highest BCUT2D eigenvalue weighted by atomic mass is 16.2. The van der Waals surface area contributed by atoms with Gasteiger partial charge in [-0.2, -0.15) is 0 Å². The normalized spacial score (nSPS) is 24.2. The summed E-state index contributed by atoms with van der Waals surface area (Å²) in [7, 11) is 0. The molecule has 1 rings (SSSR count). The van der Waals surface area contributed by atoms with Crippen LogP contribution in [0.5, 0.6) is 0 Å². The summed E-state index contributed by atoms with van der Waals surface area (Å²) < 4.78 is 0. The van der Waals surface area contributed by atoms with Crippen molar-refractivity contribution in [2.75, 3.05) is 19.7 Å². The number of aliphatic hydroxyl groups is 1. The maximum Gasteiger partial charge on any atom is 0.223 e. The van der Waals surface area contributed by atoms with Gasteiger partial charge in [-0.3, -0.25) is 4.79 Å². The third kappa shape index (κ3) is 4.58. The Labute approximate surface area is 110 Å². The van der Waals surface area contributed by atoms with Gasteiger partial charge >= 0.3 is 0 Å². The predicted octanol–water partition coefficient (Wildman–Crippen LogP) is 1.28. The van der Waals surface area contributed by atoms with Crippen LogP contribution in [0, 0.1) is 17.3 Å². The lowest BCUT2D eigenvalue weighted by Gasteiger charge is -2.26. The molecule has 2 atom stereocenters. The van der Waals surface area contributed by atoms with Crippen LogP contribution in [-0.2, 0) is 4.79 Å². The summed E-state index contributed by atoms with van der Waals surface area (Å²) in [6, 6.07) is 0. The number of aliphatic hydroxyl groups excluding tert-OH is 1. The van der Waals surface area contributed by atoms with Crippen molar-refractivity contribution >= 4 is 5.91 Å². The fraction of sp³-hybridized carbons (Fsp3) is 0.929. The molecule has 4 N–H and O–H groups in total. The van der Waals surface area contributed by atoms with Crippen molar-refractivity contribution in [3.63, 3.8) is 0 Å². The van der Waals surface area contributed by atoms with Gasteiger partial charge in [0.25, 0.3) is 0 Å². The highest BCUT2D eigenvalue weighted by Gasteiger charge is 2.32. The molecule has 1 amide bonds. The summed E-state index contributed by atoms with van der Waals surface area (Å²) >= 11 is 0. The van der Waals surface area contributed by atoms with E-state index in [4.69, 9.17) is 10.8 Å². The first kappa shape index (κ1) is 15.4. The van der Waals surface area contributed by atoms with Crippen LogP contribution in [0.1, 0.15) is 46.0 Å². The van der Waals surface area contributed by atoms with Crippen LogP contribution in [0.15, 0.2) is 0 Å². The summed E-state index contributed by atoms with van der Waals surface area (Å²) in [5, 5.41) is 11.9. The van der Waals surface area contributed by atoms with E-state index in [2.05, 4.69) is 19.2 Å². The molecule has 106 valence electrons. The molecule has 0 aliphatic heterocycles. The minimum atomic E-state index is 0.0508. The number of hydrogen-bond acceptors (Lipinski definition) is 3. The topological polar surface area (TPSA) is 75.3 Å². The van der Waals surface area contributed by atoms with Gasteiger partial charge in [-0.25, -0.2) is 0 Å². The predicted molar refractivity (Wildman–Crippen MR) is 73.0 cm³/mol. The molecule has 0 heterocycles. The zero-order valence-corrected chi connectivity index (χ0v) is 11.7. The number of carbonyl (C=O) groups excluding carboxylic acids is 1. The van der Waals surface area contributed by atoms with Gasteiger partial charge in [-0.15, -0.1) is 0 Å². The van der Waals surface area contributed by atoms with Crippen molar-refractivity contribution in [3.05, 3.63) is 0 Å². The summed E-state index contributed by atoms with van der Waals surface area (Å²) in [6.45, 7) is 5.76. The Morgan fingerprint density at radius 1 is 1.44 bits per heavy atom. The number of hydrogen-bond donors (Lipinski definition) is 3. The third-order valence-electron chi connectivity index (χ3n) is 4.05. The van der Waals surface area contributed by atoms with Gasteiger partial charge in [-0.05, 0) is 43.6 Å². The zero-order valence-electron chi connectivity index (χ0n) is 11.7. The Bertz CT molecular complexity index is 267. The molecule has 0 radical (unpaired) electrons. The molecule has 0 spiro atoms. The lowest BCUT2D eigenvalue weighted by atomic mass is 9.87. The van der Waals surface area contributed by atoms with E-state index in [1.807, 2.05) is 0 Å². The molecule has 1 aliphatic carbocycles. The molecule has 1 fully saturated rings. The minimum absolute atomic E-state index is 0.0508. The van der Waals surface area contributed by atoms with E-state index in [1.54, 1.807) is 0 Å². The van der Waals surface area contributed by atoms with Crippen LogP contribution in [0.3, 0.4) is 0 Å². The lowest BCUT2D eigenvalue weighted by molar-refractivity contribution is -0.126. The Hall–Kier alpha value is -0.610. The third-order valence-corrected chi connectivity index (χ3v) is 4.05. The Morgan fingerprint density at radius 3 is 2.78 bits per heavy atom. The second-order valence-corrected chi connectivity index (χ2v) is 6.24. The van der Waals surface area contributed by atoms with Gasteiger partial charge in [0.05, 0.1) is 0 Å². The van der Waals surface area contributed by atoms with Gasteiger partial charge in [0.2, 0.25) is 5.91 Å². The second-order valence-electron chi connectivity index (χ2n) is 6.24. The Balaban J connectivity index is 2.36. The SMILES string of the molecule is CC(C)(CCCO)CNC(=O)C1CCCC1CN. The summed E-state index contributed by atoms with van der Waals surface area (Å²) in [5.74, 6) is 0.647. The van der Waals surface area contributed by atoms with Gasteiger partial charge in [0.1, 0.15) is 0 Å². The summed E-state index contributed by atoms with van der Waals surface area (Å²) in [4.78, 5) is 12.1. The molecule has 4 heteroatoms. The minimum Gasteiger partial charge on any atom is -0.396 e. The second kappa shape index (κ2) is 7.10. The highest BCUT2D eigenvalue weighted by molar-refractivity contribution is 5.79. The molecule has 18 heavy (non-hydrogen) atoms. The molecular weight excluding hydrogens is 228 g/mol. The molecule has 0 aromatic rings. The average Bonchev–Trinajstić information content (AvgIpc) is 2.82. The fourth-order valence-corrected chi connectivity index (χ4v) is 2.77. The van der Waals surface area contributed by atoms with Crippen LogP contribution < -0.4 is 11.1 Å². The van der Waals surface area contributed by atoms with Crippen molar-refractivity contribution in [2.45, 2.75) is 46.0 Å². The molecule has 0 aromatic heterocycles. The monoisotopic (exact) mass is 256 g/mol. The van der Waals surface area contributed by atoms with Crippen molar-refractivity contribution in [1.29, 1.82) is 0 Å². The summed E-state index contributed by atoms with van der Waals surface area (Å²) in [6.07, 6.45) is 4.90. The Kier molecular flexibility index (Phi) is 6.09.